The third kappa shape index (κ3) is 2.71. The zero-order valence-corrected chi connectivity index (χ0v) is 13.3. The van der Waals surface area contributed by atoms with E-state index in [4.69, 9.17) is 13.9 Å². The van der Waals surface area contributed by atoms with Crippen molar-refractivity contribution in [1.29, 1.82) is 0 Å². The maximum atomic E-state index is 5.71. The highest BCUT2D eigenvalue weighted by Crippen LogP contribution is 2.34. The Morgan fingerprint density at radius 1 is 1.14 bits per heavy atom. The van der Waals surface area contributed by atoms with Gasteiger partial charge in [0.05, 0.1) is 26.5 Å². The number of hydrogen-bond donors (Lipinski definition) is 1. The Morgan fingerprint density at radius 3 is 2.33 bits per heavy atom. The summed E-state index contributed by atoms with van der Waals surface area (Å²) in [4.78, 5) is 8.74. The molecule has 2 aromatic heterocycles. The molecular weight excluding hydrogens is 270 g/mol. The van der Waals surface area contributed by atoms with E-state index in [1.165, 1.54) is 0 Å². The van der Waals surface area contributed by atoms with Crippen LogP contribution in [-0.2, 0) is 0 Å². The minimum absolute atomic E-state index is 0.157. The van der Waals surface area contributed by atoms with Crippen LogP contribution in [0, 0.1) is 20.8 Å². The number of aromatic nitrogens is 2. The third-order valence-electron chi connectivity index (χ3n) is 3.62. The average molecular weight is 291 g/mol. The monoisotopic (exact) mass is 291 g/mol. The zero-order chi connectivity index (χ0) is 15.6. The molecule has 0 saturated carbocycles. The molecule has 0 radical (unpaired) electrons. The van der Waals surface area contributed by atoms with Crippen LogP contribution in [0.25, 0.3) is 0 Å². The number of methoxy groups -OCH3 is 2. The van der Waals surface area contributed by atoms with Gasteiger partial charge in [-0.25, -0.2) is 4.98 Å². The summed E-state index contributed by atoms with van der Waals surface area (Å²) in [6.07, 6.45) is 1.58. The molecule has 0 aliphatic carbocycles. The van der Waals surface area contributed by atoms with E-state index in [1.807, 2.05) is 27.8 Å². The highest BCUT2D eigenvalue weighted by Gasteiger charge is 2.26. The fraction of sp³-hybridized carbons (Fsp3) is 0.467. The maximum Gasteiger partial charge on any atom is 0.240 e. The van der Waals surface area contributed by atoms with E-state index in [-0.39, 0.29) is 6.04 Å². The molecule has 2 heterocycles. The summed E-state index contributed by atoms with van der Waals surface area (Å²) >= 11 is 0. The number of rotatable bonds is 5. The van der Waals surface area contributed by atoms with E-state index in [9.17, 15) is 0 Å². The van der Waals surface area contributed by atoms with Gasteiger partial charge in [-0.15, -0.1) is 0 Å². The second-order valence-corrected chi connectivity index (χ2v) is 4.78. The first kappa shape index (κ1) is 15.3. The summed E-state index contributed by atoms with van der Waals surface area (Å²) in [5, 5.41) is 3.26. The fourth-order valence-corrected chi connectivity index (χ4v) is 2.47. The lowest BCUT2D eigenvalue weighted by molar-refractivity contribution is 0.353. The van der Waals surface area contributed by atoms with E-state index < -0.39 is 0 Å². The van der Waals surface area contributed by atoms with Crippen molar-refractivity contribution in [2.45, 2.75) is 26.8 Å². The molecule has 0 spiro atoms. The number of aryl methyl sites for hydroxylation is 2. The van der Waals surface area contributed by atoms with Crippen LogP contribution in [0.2, 0.25) is 0 Å². The molecule has 2 aromatic rings. The lowest BCUT2D eigenvalue weighted by Gasteiger charge is -2.18. The van der Waals surface area contributed by atoms with E-state index in [1.54, 1.807) is 20.4 Å². The summed E-state index contributed by atoms with van der Waals surface area (Å²) in [6.45, 7) is 5.94. The van der Waals surface area contributed by atoms with Crippen molar-refractivity contribution in [3.8, 4) is 11.8 Å². The summed E-state index contributed by atoms with van der Waals surface area (Å²) in [7, 11) is 4.99. The zero-order valence-electron chi connectivity index (χ0n) is 13.3. The van der Waals surface area contributed by atoms with Gasteiger partial charge in [0, 0.05) is 5.56 Å². The van der Waals surface area contributed by atoms with E-state index in [0.717, 1.165) is 22.6 Å². The molecule has 0 aliphatic heterocycles. The van der Waals surface area contributed by atoms with Gasteiger partial charge in [-0.05, 0) is 33.4 Å². The number of nitrogens with one attached hydrogen (secondary N) is 1. The maximum absolute atomic E-state index is 5.71. The third-order valence-corrected chi connectivity index (χ3v) is 3.62. The Labute approximate surface area is 124 Å². The molecule has 1 atom stereocenters. The summed E-state index contributed by atoms with van der Waals surface area (Å²) in [5.41, 5.74) is 2.87. The second-order valence-electron chi connectivity index (χ2n) is 4.78. The molecule has 114 valence electrons. The first-order chi connectivity index (χ1) is 10.0. The summed E-state index contributed by atoms with van der Waals surface area (Å²) in [5.74, 6) is 2.63. The van der Waals surface area contributed by atoms with Crippen molar-refractivity contribution >= 4 is 0 Å². The molecule has 6 nitrogen and oxygen atoms in total. The number of ether oxygens (including phenoxy) is 2. The Hall–Kier alpha value is -2.08. The van der Waals surface area contributed by atoms with Crippen LogP contribution in [0.3, 0.4) is 0 Å². The predicted octanol–water partition coefficient (Wildman–Crippen LogP) is 2.32. The van der Waals surface area contributed by atoms with E-state index in [2.05, 4.69) is 15.3 Å². The number of furan rings is 1. The van der Waals surface area contributed by atoms with Crippen molar-refractivity contribution in [3.05, 3.63) is 34.5 Å². The molecule has 0 aromatic carbocycles. The average Bonchev–Trinajstić information content (AvgIpc) is 2.74. The number of nitrogens with zero attached hydrogens (tertiary/aromatic N) is 2. The molecule has 1 N–H and O–H groups in total. The standard InChI is InChI=1S/C15H21N3O3/c1-8-9(2)21-10(3)12(8)13(16-4)14-15(20-6)18-11(19-5)7-17-14/h7,13,16H,1-6H3. The molecule has 21 heavy (non-hydrogen) atoms. The van der Waals surface area contributed by atoms with Gasteiger partial charge in [-0.1, -0.05) is 0 Å². The van der Waals surface area contributed by atoms with Gasteiger partial charge in [-0.2, -0.15) is 4.98 Å². The predicted molar refractivity (Wildman–Crippen MR) is 79.0 cm³/mol. The molecule has 1 unspecified atom stereocenters. The Bertz CT molecular complexity index is 637. The molecule has 0 fully saturated rings. The Balaban J connectivity index is 2.56. The molecule has 0 bridgehead atoms. The first-order valence-electron chi connectivity index (χ1n) is 6.72. The van der Waals surface area contributed by atoms with Crippen molar-refractivity contribution in [3.63, 3.8) is 0 Å². The molecular formula is C15H21N3O3. The van der Waals surface area contributed by atoms with E-state index in [0.29, 0.717) is 17.5 Å². The van der Waals surface area contributed by atoms with Gasteiger partial charge in [0.25, 0.3) is 0 Å². The normalized spacial score (nSPS) is 12.3. The van der Waals surface area contributed by atoms with Crippen molar-refractivity contribution in [1.82, 2.24) is 15.3 Å². The van der Waals surface area contributed by atoms with Crippen LogP contribution in [-0.4, -0.2) is 31.2 Å². The SMILES string of the molecule is CNC(c1ncc(OC)nc1OC)c1c(C)oc(C)c1C. The lowest BCUT2D eigenvalue weighted by Crippen LogP contribution is -2.21. The van der Waals surface area contributed by atoms with Crippen LogP contribution in [0.4, 0.5) is 0 Å². The van der Waals surface area contributed by atoms with Crippen LogP contribution in [0.15, 0.2) is 10.6 Å². The second kappa shape index (κ2) is 6.13. The Morgan fingerprint density at radius 2 is 1.86 bits per heavy atom. The molecule has 6 heteroatoms. The molecule has 2 rings (SSSR count). The van der Waals surface area contributed by atoms with Gasteiger partial charge in [0.15, 0.2) is 0 Å². The van der Waals surface area contributed by atoms with Crippen molar-refractivity contribution in [2.24, 2.45) is 0 Å². The Kier molecular flexibility index (Phi) is 4.47. The topological polar surface area (TPSA) is 69.4 Å². The van der Waals surface area contributed by atoms with Gasteiger partial charge < -0.3 is 19.2 Å². The van der Waals surface area contributed by atoms with Crippen LogP contribution in [0.1, 0.15) is 34.4 Å². The van der Waals surface area contributed by atoms with Crippen LogP contribution >= 0.6 is 0 Å². The van der Waals surface area contributed by atoms with Crippen LogP contribution in [0.5, 0.6) is 11.8 Å². The highest BCUT2D eigenvalue weighted by atomic mass is 16.5. The van der Waals surface area contributed by atoms with Gasteiger partial charge >= 0.3 is 0 Å². The van der Waals surface area contributed by atoms with Gasteiger partial charge in [-0.3, -0.25) is 0 Å². The smallest absolute Gasteiger partial charge is 0.240 e. The van der Waals surface area contributed by atoms with Gasteiger partial charge in [0.1, 0.15) is 17.2 Å². The van der Waals surface area contributed by atoms with Crippen LogP contribution < -0.4 is 14.8 Å². The largest absolute Gasteiger partial charge is 0.480 e. The van der Waals surface area contributed by atoms with Crippen molar-refractivity contribution in [2.75, 3.05) is 21.3 Å². The van der Waals surface area contributed by atoms with Gasteiger partial charge in [0.2, 0.25) is 11.8 Å². The van der Waals surface area contributed by atoms with E-state index >= 15 is 0 Å². The molecule has 0 saturated heterocycles. The fourth-order valence-electron chi connectivity index (χ4n) is 2.47. The minimum atomic E-state index is -0.157. The summed E-state index contributed by atoms with van der Waals surface area (Å²) in [6, 6.07) is -0.157. The van der Waals surface area contributed by atoms with Crippen molar-refractivity contribution < 1.29 is 13.9 Å². The minimum Gasteiger partial charge on any atom is -0.480 e. The molecule has 0 amide bonds. The lowest BCUT2D eigenvalue weighted by atomic mass is 9.99. The summed E-state index contributed by atoms with van der Waals surface area (Å²) < 4.78 is 16.2. The quantitative estimate of drug-likeness (QED) is 0.911. The molecule has 0 aliphatic rings. The number of hydrogen-bond acceptors (Lipinski definition) is 6. The first-order valence-corrected chi connectivity index (χ1v) is 6.72. The highest BCUT2D eigenvalue weighted by molar-refractivity contribution is 5.41.